The van der Waals surface area contributed by atoms with Crippen molar-refractivity contribution in [3.8, 4) is 0 Å². The van der Waals surface area contributed by atoms with Gasteiger partial charge in [-0.25, -0.2) is 0 Å². The molecule has 0 amide bonds. The monoisotopic (exact) mass is 306 g/mol. The van der Waals surface area contributed by atoms with Crippen molar-refractivity contribution in [3.63, 3.8) is 0 Å². The van der Waals surface area contributed by atoms with Crippen LogP contribution >= 0.6 is 19.8 Å². The quantitative estimate of drug-likeness (QED) is 0.297. The SMILES string of the molecule is [CH2-]OC(=O)C(C)(C)C.[Zn+][I]. The zero-order valence-corrected chi connectivity index (χ0v) is 11.7. The second-order valence-corrected chi connectivity index (χ2v) is 2.68. The Balaban J connectivity index is 0. The first-order valence-corrected chi connectivity index (χ1v) is 11.8. The molecule has 0 aromatic carbocycles. The van der Waals surface area contributed by atoms with Crippen LogP contribution in [0, 0.1) is 12.5 Å². The molecule has 0 saturated carbocycles. The van der Waals surface area contributed by atoms with Gasteiger partial charge in [-0.05, 0) is 20.8 Å². The molecule has 0 aromatic heterocycles. The van der Waals surface area contributed by atoms with Gasteiger partial charge in [-0.15, -0.1) is 0 Å². The number of hydrogen-bond donors (Lipinski definition) is 0. The van der Waals surface area contributed by atoms with Crippen LogP contribution in [0.3, 0.4) is 0 Å². The summed E-state index contributed by atoms with van der Waals surface area (Å²) in [6.07, 6.45) is 0. The Morgan fingerprint density at radius 3 is 1.80 bits per heavy atom. The van der Waals surface area contributed by atoms with E-state index in [-0.39, 0.29) is 5.97 Å². The van der Waals surface area contributed by atoms with E-state index in [1.54, 1.807) is 20.8 Å². The van der Waals surface area contributed by atoms with Gasteiger partial charge in [0.25, 0.3) is 5.97 Å². The molecule has 0 bridgehead atoms. The molecule has 0 aliphatic rings. The summed E-state index contributed by atoms with van der Waals surface area (Å²) in [5.74, 6) is -0.280. The van der Waals surface area contributed by atoms with E-state index in [4.69, 9.17) is 0 Å². The van der Waals surface area contributed by atoms with Crippen LogP contribution in [0.15, 0.2) is 0 Å². The second kappa shape index (κ2) is 6.53. The third kappa shape index (κ3) is 6.94. The summed E-state index contributed by atoms with van der Waals surface area (Å²) in [6, 6.07) is 0. The molecular weight excluding hydrogens is 296 g/mol. The van der Waals surface area contributed by atoms with E-state index in [1.165, 1.54) is 14.8 Å². The van der Waals surface area contributed by atoms with Crippen LogP contribution in [0.5, 0.6) is 0 Å². The van der Waals surface area contributed by atoms with Gasteiger partial charge in [0.15, 0.2) is 0 Å². The van der Waals surface area contributed by atoms with Crippen LogP contribution in [0.4, 0.5) is 0 Å². The minimum atomic E-state index is -0.415. The number of carbonyl (C=O) groups is 1. The molecule has 10 heavy (non-hydrogen) atoms. The van der Waals surface area contributed by atoms with Gasteiger partial charge in [-0.2, -0.15) is 7.11 Å². The fourth-order valence-corrected chi connectivity index (χ4v) is 0.217. The number of esters is 1. The third-order valence-corrected chi connectivity index (χ3v) is 0.743. The van der Waals surface area contributed by atoms with Crippen molar-refractivity contribution in [2.45, 2.75) is 20.8 Å². The Morgan fingerprint density at radius 2 is 1.80 bits per heavy atom. The summed E-state index contributed by atoms with van der Waals surface area (Å²) in [4.78, 5) is 10.5. The molecule has 0 radical (unpaired) electrons. The van der Waals surface area contributed by atoms with Crippen LogP contribution in [0.1, 0.15) is 20.8 Å². The Bertz CT molecular complexity index is 98.4. The van der Waals surface area contributed by atoms with Gasteiger partial charge in [0.1, 0.15) is 0 Å². The van der Waals surface area contributed by atoms with Crippen molar-refractivity contribution in [1.29, 1.82) is 0 Å². The first-order chi connectivity index (χ1) is 4.48. The van der Waals surface area contributed by atoms with E-state index in [1.807, 2.05) is 0 Å². The van der Waals surface area contributed by atoms with E-state index in [2.05, 4.69) is 31.6 Å². The number of carbonyl (C=O) groups excluding carboxylic acids is 1. The molecule has 0 spiro atoms. The minimum absolute atomic E-state index is 0.280. The van der Waals surface area contributed by atoms with Gasteiger partial charge >= 0.3 is 34.5 Å². The van der Waals surface area contributed by atoms with Crippen LogP contribution in [0.25, 0.3) is 0 Å². The molecule has 0 rings (SSSR count). The van der Waals surface area contributed by atoms with E-state index in [9.17, 15) is 4.79 Å². The van der Waals surface area contributed by atoms with E-state index in [0.717, 1.165) is 0 Å². The van der Waals surface area contributed by atoms with Gasteiger partial charge in [-0.3, -0.25) is 4.79 Å². The Labute approximate surface area is 82.9 Å². The van der Waals surface area contributed by atoms with E-state index < -0.39 is 5.41 Å². The molecule has 0 fully saturated rings. The Kier molecular flexibility index (Phi) is 8.76. The third-order valence-electron chi connectivity index (χ3n) is 0.743. The van der Waals surface area contributed by atoms with Crippen molar-refractivity contribution in [1.82, 2.24) is 0 Å². The number of ether oxygens (including phenoxy) is 1. The molecule has 4 heteroatoms. The van der Waals surface area contributed by atoms with E-state index >= 15 is 0 Å². The van der Waals surface area contributed by atoms with Crippen LogP contribution < -0.4 is 0 Å². The van der Waals surface area contributed by atoms with Gasteiger partial charge in [-0.1, -0.05) is 0 Å². The molecule has 2 nitrogen and oxygen atoms in total. The van der Waals surface area contributed by atoms with Gasteiger partial charge in [0.05, 0.1) is 5.41 Å². The fraction of sp³-hybridized carbons (Fsp3) is 0.667. The number of halogens is 1. The van der Waals surface area contributed by atoms with Gasteiger partial charge in [0.2, 0.25) is 0 Å². The predicted octanol–water partition coefficient (Wildman–Crippen LogP) is 2.25. The van der Waals surface area contributed by atoms with Crippen LogP contribution in [-0.4, -0.2) is 5.97 Å². The first-order valence-electron chi connectivity index (χ1n) is 2.71. The molecule has 0 heterocycles. The van der Waals surface area contributed by atoms with Crippen molar-refractivity contribution < 1.29 is 24.3 Å². The average Bonchev–Trinajstić information content (AvgIpc) is 1.89. The van der Waals surface area contributed by atoms with Gasteiger partial charge < -0.3 is 4.74 Å². The van der Waals surface area contributed by atoms with Gasteiger partial charge in [0, 0.05) is 0 Å². The maximum atomic E-state index is 10.5. The molecule has 0 N–H and O–H groups in total. The zero-order valence-electron chi connectivity index (χ0n) is 6.61. The van der Waals surface area contributed by atoms with Crippen molar-refractivity contribution in [2.75, 3.05) is 0 Å². The van der Waals surface area contributed by atoms with E-state index in [0.29, 0.717) is 0 Å². The first kappa shape index (κ1) is 13.4. The molecule has 56 valence electrons. The number of hydrogen-bond acceptors (Lipinski definition) is 2. The zero-order chi connectivity index (χ0) is 8.78. The summed E-state index contributed by atoms with van der Waals surface area (Å²) in [5, 5.41) is 0. The summed E-state index contributed by atoms with van der Waals surface area (Å²) in [6.45, 7) is 5.33. The summed E-state index contributed by atoms with van der Waals surface area (Å²) < 4.78 is 4.23. The molecule has 0 saturated heterocycles. The molecule has 0 aliphatic heterocycles. The molecular formula is C6H11IO2Zn. The van der Waals surface area contributed by atoms with Crippen molar-refractivity contribution in [2.24, 2.45) is 5.41 Å². The second-order valence-electron chi connectivity index (χ2n) is 2.68. The van der Waals surface area contributed by atoms with Crippen LogP contribution in [0.2, 0.25) is 0 Å². The molecule has 0 unspecified atom stereocenters. The Morgan fingerprint density at radius 1 is 1.50 bits per heavy atom. The molecule has 0 aliphatic carbocycles. The normalized spacial score (nSPS) is 9.50. The standard InChI is InChI=1S/C6H11O2.HI.Zn/c1-6(2,3)5(7)8-4;;/h4H2,1-3H3;1H;/q-1;;+2/p-1. The fourth-order valence-electron chi connectivity index (χ4n) is 0.217. The predicted molar refractivity (Wildman–Crippen MR) is 44.9 cm³/mol. The number of rotatable bonds is 0. The summed E-state index contributed by atoms with van der Waals surface area (Å²) in [7, 11) is 3.00. The van der Waals surface area contributed by atoms with Crippen molar-refractivity contribution in [3.05, 3.63) is 7.11 Å². The molecule has 0 atom stereocenters. The van der Waals surface area contributed by atoms with Crippen LogP contribution in [-0.2, 0) is 24.3 Å². The summed E-state index contributed by atoms with van der Waals surface area (Å²) >= 11 is 3.62. The topological polar surface area (TPSA) is 26.3 Å². The Hall–Kier alpha value is 0.823. The average molecular weight is 307 g/mol. The summed E-state index contributed by atoms with van der Waals surface area (Å²) in [5.41, 5.74) is -0.415. The molecule has 0 aromatic rings. The van der Waals surface area contributed by atoms with Crippen molar-refractivity contribution >= 4 is 25.7 Å². The maximum absolute atomic E-state index is 10.5.